The van der Waals surface area contributed by atoms with Gasteiger partial charge >= 0.3 is 0 Å². The molecule has 0 atom stereocenters. The Balaban J connectivity index is 1.34. The average Bonchev–Trinajstić information content (AvgIpc) is 3.36. The standard InChI is InChI=1S/C21H19FN4O2S/c22-15-8-6-14(7-9-15)18-12-23-21(25-18)29-13-19(27)24-16-3-1-4-17(11-16)26-10-2-5-20(26)28/h1,3-4,6-9,11-12H,2,5,10,13H2,(H,23,25)(H,24,27). The quantitative estimate of drug-likeness (QED) is 0.601. The zero-order chi connectivity index (χ0) is 20.2. The number of nitrogens with one attached hydrogen (secondary N) is 2. The molecule has 0 saturated carbocycles. The number of nitrogens with zero attached hydrogens (tertiary/aromatic N) is 2. The molecule has 0 radical (unpaired) electrons. The molecule has 0 bridgehead atoms. The Morgan fingerprint density at radius 2 is 2.07 bits per heavy atom. The number of hydrogen-bond acceptors (Lipinski definition) is 4. The van der Waals surface area contributed by atoms with Crippen LogP contribution in [0.5, 0.6) is 0 Å². The van der Waals surface area contributed by atoms with Crippen LogP contribution in [0.15, 0.2) is 59.9 Å². The summed E-state index contributed by atoms with van der Waals surface area (Å²) in [6.07, 6.45) is 3.08. The minimum Gasteiger partial charge on any atom is -0.333 e. The number of carbonyl (C=O) groups excluding carboxylic acids is 2. The Hall–Kier alpha value is -3.13. The number of carbonyl (C=O) groups is 2. The first-order chi connectivity index (χ1) is 14.1. The van der Waals surface area contributed by atoms with Crippen molar-refractivity contribution in [3.8, 4) is 11.3 Å². The monoisotopic (exact) mass is 410 g/mol. The number of rotatable bonds is 6. The lowest BCUT2D eigenvalue weighted by Crippen LogP contribution is -2.23. The number of anilines is 2. The maximum absolute atomic E-state index is 13.0. The zero-order valence-electron chi connectivity index (χ0n) is 15.5. The summed E-state index contributed by atoms with van der Waals surface area (Å²) < 4.78 is 13.0. The van der Waals surface area contributed by atoms with Crippen molar-refractivity contribution < 1.29 is 14.0 Å². The molecule has 6 nitrogen and oxygen atoms in total. The van der Waals surface area contributed by atoms with Crippen LogP contribution in [0.25, 0.3) is 11.3 Å². The first-order valence-electron chi connectivity index (χ1n) is 9.22. The number of imidazole rings is 1. The summed E-state index contributed by atoms with van der Waals surface area (Å²) in [5.41, 5.74) is 3.03. The Morgan fingerprint density at radius 1 is 1.24 bits per heavy atom. The summed E-state index contributed by atoms with van der Waals surface area (Å²) in [5, 5.41) is 3.46. The van der Waals surface area contributed by atoms with E-state index in [1.54, 1.807) is 29.3 Å². The number of halogens is 1. The Labute approximate surface area is 171 Å². The van der Waals surface area contributed by atoms with Crippen molar-refractivity contribution in [1.29, 1.82) is 0 Å². The molecule has 2 N–H and O–H groups in total. The number of aromatic amines is 1. The van der Waals surface area contributed by atoms with Crippen LogP contribution in [0, 0.1) is 5.82 Å². The summed E-state index contributed by atoms with van der Waals surface area (Å²) in [6, 6.07) is 13.4. The molecule has 0 unspecified atom stereocenters. The van der Waals surface area contributed by atoms with E-state index in [9.17, 15) is 14.0 Å². The third-order valence-corrected chi connectivity index (χ3v) is 5.45. The summed E-state index contributed by atoms with van der Waals surface area (Å²) in [4.78, 5) is 33.3. The largest absolute Gasteiger partial charge is 0.333 e. The van der Waals surface area contributed by atoms with Crippen LogP contribution >= 0.6 is 11.8 Å². The van der Waals surface area contributed by atoms with Crippen molar-refractivity contribution in [2.24, 2.45) is 0 Å². The van der Waals surface area contributed by atoms with E-state index in [-0.39, 0.29) is 23.4 Å². The molecule has 2 amide bonds. The van der Waals surface area contributed by atoms with Crippen LogP contribution in [-0.2, 0) is 9.59 Å². The molecule has 1 saturated heterocycles. The van der Waals surface area contributed by atoms with Gasteiger partial charge < -0.3 is 15.2 Å². The van der Waals surface area contributed by atoms with Gasteiger partial charge in [-0.1, -0.05) is 17.8 Å². The molecule has 8 heteroatoms. The summed E-state index contributed by atoms with van der Waals surface area (Å²) in [6.45, 7) is 0.709. The maximum Gasteiger partial charge on any atom is 0.234 e. The Bertz CT molecular complexity index is 1040. The average molecular weight is 410 g/mol. The third-order valence-electron chi connectivity index (χ3n) is 4.56. The molecule has 2 heterocycles. The molecular formula is C21H19FN4O2S. The molecule has 0 aliphatic carbocycles. The van der Waals surface area contributed by atoms with Gasteiger partial charge in [0.05, 0.1) is 17.6 Å². The van der Waals surface area contributed by atoms with Crippen LogP contribution in [0.4, 0.5) is 15.8 Å². The van der Waals surface area contributed by atoms with E-state index in [2.05, 4.69) is 15.3 Å². The molecule has 0 spiro atoms. The molecular weight excluding hydrogens is 391 g/mol. The van der Waals surface area contributed by atoms with Gasteiger partial charge in [-0.3, -0.25) is 9.59 Å². The van der Waals surface area contributed by atoms with Crippen LogP contribution < -0.4 is 10.2 Å². The molecule has 2 aromatic carbocycles. The lowest BCUT2D eigenvalue weighted by Gasteiger charge is -2.16. The van der Waals surface area contributed by atoms with Gasteiger partial charge in [0.1, 0.15) is 5.82 Å². The molecule has 1 aliphatic rings. The topological polar surface area (TPSA) is 78.1 Å². The minimum absolute atomic E-state index is 0.110. The highest BCUT2D eigenvalue weighted by molar-refractivity contribution is 7.99. The number of aromatic nitrogens is 2. The highest BCUT2D eigenvalue weighted by atomic mass is 32.2. The van der Waals surface area contributed by atoms with Gasteiger partial charge in [-0.05, 0) is 54.4 Å². The van der Waals surface area contributed by atoms with E-state index in [1.807, 2.05) is 18.2 Å². The summed E-state index contributed by atoms with van der Waals surface area (Å²) >= 11 is 1.28. The molecule has 1 fully saturated rings. The van der Waals surface area contributed by atoms with E-state index < -0.39 is 0 Å². The van der Waals surface area contributed by atoms with E-state index in [0.717, 1.165) is 23.4 Å². The van der Waals surface area contributed by atoms with Crippen LogP contribution in [0.3, 0.4) is 0 Å². The van der Waals surface area contributed by atoms with Crippen molar-refractivity contribution in [3.63, 3.8) is 0 Å². The van der Waals surface area contributed by atoms with Gasteiger partial charge in [0, 0.05) is 24.3 Å². The number of hydrogen-bond donors (Lipinski definition) is 2. The van der Waals surface area contributed by atoms with Crippen LogP contribution in [-0.4, -0.2) is 34.1 Å². The minimum atomic E-state index is -0.294. The fourth-order valence-electron chi connectivity index (χ4n) is 3.16. The van der Waals surface area contributed by atoms with Gasteiger partial charge in [-0.25, -0.2) is 9.37 Å². The lowest BCUT2D eigenvalue weighted by atomic mass is 10.2. The van der Waals surface area contributed by atoms with Crippen molar-refractivity contribution in [2.75, 3.05) is 22.5 Å². The summed E-state index contributed by atoms with van der Waals surface area (Å²) in [7, 11) is 0. The molecule has 148 valence electrons. The third kappa shape index (κ3) is 4.65. The fraction of sp³-hybridized carbons (Fsp3) is 0.190. The fourth-order valence-corrected chi connectivity index (χ4v) is 3.81. The normalized spacial score (nSPS) is 13.7. The number of benzene rings is 2. The molecule has 1 aliphatic heterocycles. The van der Waals surface area contributed by atoms with Gasteiger partial charge in [-0.15, -0.1) is 0 Å². The highest BCUT2D eigenvalue weighted by Crippen LogP contribution is 2.25. The lowest BCUT2D eigenvalue weighted by molar-refractivity contribution is -0.117. The molecule has 4 rings (SSSR count). The maximum atomic E-state index is 13.0. The molecule has 29 heavy (non-hydrogen) atoms. The zero-order valence-corrected chi connectivity index (χ0v) is 16.3. The first kappa shape index (κ1) is 19.2. The van der Waals surface area contributed by atoms with Gasteiger partial charge in [0.2, 0.25) is 11.8 Å². The second kappa shape index (κ2) is 8.48. The number of thioether (sulfide) groups is 1. The predicted molar refractivity (Wildman–Crippen MR) is 111 cm³/mol. The van der Waals surface area contributed by atoms with Crippen molar-refractivity contribution in [2.45, 2.75) is 18.0 Å². The van der Waals surface area contributed by atoms with E-state index >= 15 is 0 Å². The van der Waals surface area contributed by atoms with E-state index in [1.165, 1.54) is 23.9 Å². The van der Waals surface area contributed by atoms with Crippen molar-refractivity contribution >= 4 is 35.0 Å². The highest BCUT2D eigenvalue weighted by Gasteiger charge is 2.21. The number of amides is 2. The van der Waals surface area contributed by atoms with E-state index in [4.69, 9.17) is 0 Å². The Kier molecular flexibility index (Phi) is 5.62. The van der Waals surface area contributed by atoms with Gasteiger partial charge in [-0.2, -0.15) is 0 Å². The van der Waals surface area contributed by atoms with Crippen LogP contribution in [0.1, 0.15) is 12.8 Å². The second-order valence-electron chi connectivity index (χ2n) is 6.65. The SMILES string of the molecule is O=C(CSc1ncc(-c2ccc(F)cc2)[nH]1)Nc1cccc(N2CCCC2=O)c1. The van der Waals surface area contributed by atoms with Crippen molar-refractivity contribution in [1.82, 2.24) is 9.97 Å². The number of H-pyrrole nitrogens is 1. The molecule has 1 aromatic heterocycles. The van der Waals surface area contributed by atoms with Gasteiger partial charge in [0.15, 0.2) is 5.16 Å². The summed E-state index contributed by atoms with van der Waals surface area (Å²) in [5.74, 6) is -0.167. The predicted octanol–water partition coefficient (Wildman–Crippen LogP) is 4.07. The van der Waals surface area contributed by atoms with E-state index in [0.29, 0.717) is 23.8 Å². The van der Waals surface area contributed by atoms with Crippen LogP contribution in [0.2, 0.25) is 0 Å². The Morgan fingerprint density at radius 3 is 2.83 bits per heavy atom. The van der Waals surface area contributed by atoms with Crippen molar-refractivity contribution in [3.05, 3.63) is 60.5 Å². The van der Waals surface area contributed by atoms with Gasteiger partial charge in [0.25, 0.3) is 0 Å². The molecule has 3 aromatic rings. The first-order valence-corrected chi connectivity index (χ1v) is 10.2. The second-order valence-corrected chi connectivity index (χ2v) is 7.61. The smallest absolute Gasteiger partial charge is 0.234 e.